The number of hydrogen-bond donors (Lipinski definition) is 0. The van der Waals surface area contributed by atoms with E-state index in [1.807, 2.05) is 54.6 Å². The van der Waals surface area contributed by atoms with Crippen molar-refractivity contribution in [3.63, 3.8) is 0 Å². The first kappa shape index (κ1) is 77.1. The SMILES string of the molecule is C[S+](C)c1ccccc1.[CH2-][S+]([CH2-])c1ccccc1.[Pt].[Pt].c1ccc(Sc2ccc([S+](c3ccccc3)c3ccccc3)cc2)cc1.c1ccc([S+](c2ccccc2)c2cccc3ccccc23)cc1.c1ccc([S+]2CCCC2)cc1.c1ccc([S+]2c3ccccc3Oc3ccccc32)cc1. The Labute approximate surface area is 645 Å². The van der Waals surface area contributed by atoms with Crippen molar-refractivity contribution in [2.24, 2.45) is 0 Å². The fraction of sp³-hybridized carbons (Fsp3) is 0.0667. The molecule has 0 bridgehead atoms. The van der Waals surface area contributed by atoms with E-state index in [4.69, 9.17) is 4.74 Å². The fourth-order valence-corrected chi connectivity index (χ4v) is 21.9. The standard InChI is InChI=1S/C24H19S2.C22H17S.C18H13OS.C10H13S.C8H11S.C8H9S.2Pt/c1-4-10-20(11-5-1)25-21-16-18-24(19-17-21)26(22-12-6-2-7-13-22)23-14-8-3-9-15-23;1-3-12-19(13-4-1)23(20-14-5-2-6-15-20)22-17-9-11-18-10-7-8-16-21(18)22;1-2-8-14(9-3-1)20-17-12-6-4-10-15(17)19-16-11-5-7-13-18(16)20;1-2-6-10(7-3-1)11-8-4-5-9-11;2*1-9(2)8-6-4-3-5-7-8;;/h1-19H;1-17H;1-13H;1-3,6-7H,4-5,8-9H2;3-7H,1-2H3;3-7H,1-2H2;;/q5*+1;-1;;. The monoisotopic (exact) mass is 1790 g/mol. The van der Waals surface area contributed by atoms with E-state index in [9.17, 15) is 0 Å². The summed E-state index contributed by atoms with van der Waals surface area (Å²) in [5.41, 5.74) is 0. The van der Waals surface area contributed by atoms with E-state index in [1.54, 1.807) is 16.7 Å². The second-order valence-corrected chi connectivity index (χ2v) is 35.7. The summed E-state index contributed by atoms with van der Waals surface area (Å²) in [5.74, 6) is 4.81. The molecule has 0 unspecified atom stereocenters. The number of hydrogen-bond acceptors (Lipinski definition) is 2. The molecule has 1 saturated heterocycles. The summed E-state index contributed by atoms with van der Waals surface area (Å²) in [6, 6.07) is 137. The molecule has 1 nitrogen and oxygen atoms in total. The summed E-state index contributed by atoms with van der Waals surface area (Å²) in [6.45, 7) is 0. The molecule has 0 atom stereocenters. The van der Waals surface area contributed by atoms with Gasteiger partial charge < -0.3 is 4.74 Å². The van der Waals surface area contributed by atoms with Crippen LogP contribution in [0.5, 0.6) is 11.5 Å². The Kier molecular flexibility index (Phi) is 32.2. The summed E-state index contributed by atoms with van der Waals surface area (Å²) in [6.07, 6.45) is 15.0. The minimum absolute atomic E-state index is 0. The topological polar surface area (TPSA) is 9.23 Å². The molecule has 0 N–H and O–H groups in total. The van der Waals surface area contributed by atoms with Crippen LogP contribution in [-0.2, 0) is 108 Å². The van der Waals surface area contributed by atoms with Crippen LogP contribution in [0.2, 0.25) is 0 Å². The van der Waals surface area contributed by atoms with E-state index < -0.39 is 0 Å². The number of ether oxygens (including phenoxy) is 1. The quantitative estimate of drug-likeness (QED) is 0.0891. The molecule has 0 amide bonds. The van der Waals surface area contributed by atoms with Gasteiger partial charge in [0.1, 0.15) is 34.9 Å². The fourth-order valence-electron chi connectivity index (χ4n) is 10.9. The molecular weight excluding hydrogens is 1710 g/mol. The van der Waals surface area contributed by atoms with Gasteiger partial charge in [-0.3, -0.25) is 10.9 Å². The molecule has 0 spiro atoms. The minimum Gasteiger partial charge on any atom is -0.447 e. The largest absolute Gasteiger partial charge is 0.447 e. The van der Waals surface area contributed by atoms with E-state index in [1.165, 1.54) is 98.8 Å². The molecule has 100 heavy (non-hydrogen) atoms. The van der Waals surface area contributed by atoms with Crippen molar-refractivity contribution >= 4 is 87.9 Å². The van der Waals surface area contributed by atoms with Crippen molar-refractivity contribution in [1.82, 2.24) is 0 Å². The molecule has 10 heteroatoms. The Bertz CT molecular complexity index is 4390. The van der Waals surface area contributed by atoms with Crippen LogP contribution in [0.15, 0.2) is 457 Å². The van der Waals surface area contributed by atoms with Gasteiger partial charge in [0.15, 0.2) is 55.6 Å². The average molecular weight is 1790 g/mol. The van der Waals surface area contributed by atoms with E-state index in [2.05, 4.69) is 359 Å². The molecule has 1 fully saturated rings. The second-order valence-electron chi connectivity index (χ2n) is 22.7. The Hall–Kier alpha value is -7.03. The molecule has 2 heterocycles. The van der Waals surface area contributed by atoms with Gasteiger partial charge in [0.05, 0.1) is 26.7 Å². The Balaban J connectivity index is 0.000000146. The average Bonchev–Trinajstić information content (AvgIpc) is 0.886. The van der Waals surface area contributed by atoms with Crippen LogP contribution in [0.25, 0.3) is 10.8 Å². The molecule has 0 radical (unpaired) electrons. The van der Waals surface area contributed by atoms with Crippen LogP contribution in [0.4, 0.5) is 0 Å². The first-order valence-electron chi connectivity index (χ1n) is 32.7. The molecule has 506 valence electrons. The van der Waals surface area contributed by atoms with Crippen LogP contribution >= 0.6 is 11.8 Å². The predicted octanol–water partition coefficient (Wildman–Crippen LogP) is 24.4. The van der Waals surface area contributed by atoms with Gasteiger partial charge in [0.25, 0.3) is 0 Å². The zero-order chi connectivity index (χ0) is 67.4. The third-order valence-electron chi connectivity index (χ3n) is 15.7. The first-order chi connectivity index (χ1) is 48.3. The first-order valence-corrected chi connectivity index (χ1v) is 42.4. The van der Waals surface area contributed by atoms with Gasteiger partial charge in [-0.15, -0.1) is 12.5 Å². The van der Waals surface area contributed by atoms with Gasteiger partial charge in [-0.1, -0.05) is 230 Å². The van der Waals surface area contributed by atoms with Crippen LogP contribution in [0.3, 0.4) is 0 Å². The zero-order valence-electron chi connectivity index (χ0n) is 56.1. The van der Waals surface area contributed by atoms with Crippen molar-refractivity contribution < 1.29 is 46.9 Å². The van der Waals surface area contributed by atoms with Gasteiger partial charge in [-0.2, -0.15) is 0 Å². The molecule has 2 aliphatic heterocycles. The predicted molar refractivity (Wildman–Crippen MR) is 430 cm³/mol. The van der Waals surface area contributed by atoms with Crippen molar-refractivity contribution in [2.75, 3.05) is 24.0 Å². The van der Waals surface area contributed by atoms with Crippen LogP contribution in [0.1, 0.15) is 12.8 Å². The summed E-state index contributed by atoms with van der Waals surface area (Å²) >= 11 is 1.80. The molecule has 2 aliphatic rings. The summed E-state index contributed by atoms with van der Waals surface area (Å²) < 4.78 is 6.04. The molecule has 14 aromatic carbocycles. The van der Waals surface area contributed by atoms with E-state index in [0.29, 0.717) is 21.8 Å². The maximum absolute atomic E-state index is 6.04. The normalized spacial score (nSPS) is 11.9. The van der Waals surface area contributed by atoms with E-state index >= 15 is 0 Å². The number of benzene rings is 14. The minimum atomic E-state index is -0.0892. The van der Waals surface area contributed by atoms with E-state index in [-0.39, 0.29) is 85.7 Å². The van der Waals surface area contributed by atoms with Gasteiger partial charge in [0.2, 0.25) is 9.79 Å². The van der Waals surface area contributed by atoms with Gasteiger partial charge in [-0.25, -0.2) is 0 Å². The third-order valence-corrected chi connectivity index (χ3v) is 28.1. The molecule has 0 aromatic heterocycles. The maximum atomic E-state index is 6.04. The van der Waals surface area contributed by atoms with Gasteiger partial charge >= 0.3 is 0 Å². The van der Waals surface area contributed by atoms with Crippen LogP contribution in [-0.4, -0.2) is 24.0 Å². The molecular formula is C90H82OPt2S7+4. The van der Waals surface area contributed by atoms with Crippen molar-refractivity contribution in [2.45, 2.75) is 81.4 Å². The summed E-state index contributed by atoms with van der Waals surface area (Å²) in [5, 5.41) is 2.64. The Morgan fingerprint density at radius 3 is 1.08 bits per heavy atom. The van der Waals surface area contributed by atoms with Gasteiger partial charge in [0, 0.05) is 79.1 Å². The van der Waals surface area contributed by atoms with Crippen LogP contribution < -0.4 is 4.74 Å². The summed E-state index contributed by atoms with van der Waals surface area (Å²) in [7, 11) is 0.701. The second kappa shape index (κ2) is 41.8. The van der Waals surface area contributed by atoms with E-state index in [0.717, 1.165) is 11.5 Å². The summed E-state index contributed by atoms with van der Waals surface area (Å²) in [4.78, 5) is 18.8. The molecule has 14 aromatic rings. The van der Waals surface area contributed by atoms with Gasteiger partial charge in [-0.05, 0) is 188 Å². The van der Waals surface area contributed by atoms with Crippen molar-refractivity contribution in [3.05, 3.63) is 401 Å². The Morgan fingerprint density at radius 2 is 0.650 bits per heavy atom. The maximum Gasteiger partial charge on any atom is 0.209 e. The molecule has 0 aliphatic carbocycles. The van der Waals surface area contributed by atoms with Crippen molar-refractivity contribution in [3.8, 4) is 11.5 Å². The molecule has 0 saturated carbocycles. The number of para-hydroxylation sites is 2. The van der Waals surface area contributed by atoms with Crippen molar-refractivity contribution in [1.29, 1.82) is 0 Å². The number of fused-ring (bicyclic) bond motifs is 3. The smallest absolute Gasteiger partial charge is 0.209 e. The zero-order valence-corrected chi connectivity index (χ0v) is 66.4. The Morgan fingerprint density at radius 1 is 0.310 bits per heavy atom. The van der Waals surface area contributed by atoms with Crippen LogP contribution in [0, 0.1) is 12.5 Å². The number of rotatable bonds is 12. The molecule has 16 rings (SSSR count). The third kappa shape index (κ3) is 22.5.